The third kappa shape index (κ3) is 2.93. The van der Waals surface area contributed by atoms with Crippen LogP contribution in [0.25, 0.3) is 0 Å². The molecular formula is C12H12F2O3. The van der Waals surface area contributed by atoms with Gasteiger partial charge in [-0.1, -0.05) is 12.1 Å². The summed E-state index contributed by atoms with van der Waals surface area (Å²) in [5.41, 5.74) is 0.918. The Morgan fingerprint density at radius 1 is 1.41 bits per heavy atom. The van der Waals surface area contributed by atoms with Crippen molar-refractivity contribution in [2.45, 2.75) is 18.8 Å². The van der Waals surface area contributed by atoms with Crippen LogP contribution in [0.4, 0.5) is 8.78 Å². The number of aliphatic carboxylic acids is 1. The van der Waals surface area contributed by atoms with Gasteiger partial charge in [0.25, 0.3) is 6.43 Å². The van der Waals surface area contributed by atoms with Crippen LogP contribution >= 0.6 is 0 Å². The molecule has 2 rings (SSSR count). The maximum atomic E-state index is 11.9. The number of ether oxygens (including phenoxy) is 1. The summed E-state index contributed by atoms with van der Waals surface area (Å²) >= 11 is 0. The first kappa shape index (κ1) is 11.8. The first-order valence-corrected chi connectivity index (χ1v) is 5.31. The van der Waals surface area contributed by atoms with E-state index in [1.807, 2.05) is 0 Å². The molecule has 0 heterocycles. The highest BCUT2D eigenvalue weighted by Gasteiger charge is 2.43. The van der Waals surface area contributed by atoms with E-state index in [-0.39, 0.29) is 11.8 Å². The van der Waals surface area contributed by atoms with Crippen molar-refractivity contribution in [3.05, 3.63) is 29.8 Å². The van der Waals surface area contributed by atoms with Crippen molar-refractivity contribution < 1.29 is 23.4 Å². The minimum absolute atomic E-state index is 0.0525. The number of carboxylic acids is 1. The summed E-state index contributed by atoms with van der Waals surface area (Å²) in [5, 5.41) is 8.78. The summed E-state index contributed by atoms with van der Waals surface area (Å²) in [4.78, 5) is 10.7. The van der Waals surface area contributed by atoms with Gasteiger partial charge in [0.1, 0.15) is 12.4 Å². The van der Waals surface area contributed by atoms with Gasteiger partial charge in [-0.2, -0.15) is 0 Å². The van der Waals surface area contributed by atoms with Crippen LogP contribution in [0.15, 0.2) is 24.3 Å². The monoisotopic (exact) mass is 242 g/mol. The summed E-state index contributed by atoms with van der Waals surface area (Å²) < 4.78 is 28.6. The first-order chi connectivity index (χ1) is 8.08. The van der Waals surface area contributed by atoms with Crippen molar-refractivity contribution >= 4 is 5.97 Å². The molecule has 2 atom stereocenters. The second-order valence-electron chi connectivity index (χ2n) is 4.06. The van der Waals surface area contributed by atoms with Crippen molar-refractivity contribution in [1.29, 1.82) is 0 Å². The largest absolute Gasteiger partial charge is 0.488 e. The van der Waals surface area contributed by atoms with Gasteiger partial charge in [0.15, 0.2) is 0 Å². The maximum Gasteiger partial charge on any atom is 0.307 e. The SMILES string of the molecule is O=C(O)C1CC1c1ccc(OCC(F)F)cc1. The van der Waals surface area contributed by atoms with Gasteiger partial charge in [0.05, 0.1) is 5.92 Å². The van der Waals surface area contributed by atoms with Crippen LogP contribution in [0.1, 0.15) is 17.9 Å². The zero-order valence-electron chi connectivity index (χ0n) is 8.98. The van der Waals surface area contributed by atoms with Gasteiger partial charge in [-0.15, -0.1) is 0 Å². The average molecular weight is 242 g/mol. The third-order valence-corrected chi connectivity index (χ3v) is 2.79. The molecule has 2 unspecified atom stereocenters. The Balaban J connectivity index is 1.93. The molecular weight excluding hydrogens is 230 g/mol. The van der Waals surface area contributed by atoms with Crippen LogP contribution in [-0.4, -0.2) is 24.1 Å². The predicted molar refractivity (Wildman–Crippen MR) is 56.4 cm³/mol. The Kier molecular flexibility index (Phi) is 3.26. The summed E-state index contributed by atoms with van der Waals surface area (Å²) in [6.07, 6.45) is -1.85. The van der Waals surface area contributed by atoms with E-state index in [1.165, 1.54) is 0 Å². The Hall–Kier alpha value is -1.65. The zero-order chi connectivity index (χ0) is 12.4. The van der Waals surface area contributed by atoms with Crippen LogP contribution in [0, 0.1) is 5.92 Å². The molecule has 0 aliphatic heterocycles. The second-order valence-corrected chi connectivity index (χ2v) is 4.06. The molecule has 0 saturated heterocycles. The molecule has 1 saturated carbocycles. The molecule has 0 bridgehead atoms. The third-order valence-electron chi connectivity index (χ3n) is 2.79. The van der Waals surface area contributed by atoms with E-state index in [1.54, 1.807) is 24.3 Å². The predicted octanol–water partition coefficient (Wildman–Crippen LogP) is 2.52. The number of alkyl halides is 2. The zero-order valence-corrected chi connectivity index (χ0v) is 8.98. The van der Waals surface area contributed by atoms with Crippen molar-refractivity contribution in [2.75, 3.05) is 6.61 Å². The van der Waals surface area contributed by atoms with Crippen LogP contribution in [0.3, 0.4) is 0 Å². The van der Waals surface area contributed by atoms with E-state index in [4.69, 9.17) is 9.84 Å². The molecule has 0 amide bonds. The minimum Gasteiger partial charge on any atom is -0.488 e. The maximum absolute atomic E-state index is 11.9. The lowest BCUT2D eigenvalue weighted by Gasteiger charge is -2.06. The standard InChI is InChI=1S/C12H12F2O3/c13-11(14)6-17-8-3-1-7(2-4-8)9-5-10(9)12(15)16/h1-4,9-11H,5-6H2,(H,15,16). The van der Waals surface area contributed by atoms with Gasteiger partial charge in [0.2, 0.25) is 0 Å². The fraction of sp³-hybridized carbons (Fsp3) is 0.417. The topological polar surface area (TPSA) is 46.5 Å². The molecule has 1 N–H and O–H groups in total. The number of hydrogen-bond donors (Lipinski definition) is 1. The molecule has 1 aromatic carbocycles. The van der Waals surface area contributed by atoms with Crippen molar-refractivity contribution in [1.82, 2.24) is 0 Å². The normalized spacial score (nSPS) is 22.5. The number of hydrogen-bond acceptors (Lipinski definition) is 2. The summed E-state index contributed by atoms with van der Waals surface area (Å²) in [7, 11) is 0. The van der Waals surface area contributed by atoms with Crippen molar-refractivity contribution in [3.63, 3.8) is 0 Å². The highest BCUT2D eigenvalue weighted by atomic mass is 19.3. The highest BCUT2D eigenvalue weighted by Crippen LogP contribution is 2.47. The number of halogens is 2. The van der Waals surface area contributed by atoms with E-state index in [0.29, 0.717) is 12.2 Å². The average Bonchev–Trinajstić information content (AvgIpc) is 3.07. The van der Waals surface area contributed by atoms with Gasteiger partial charge in [-0.3, -0.25) is 4.79 Å². The van der Waals surface area contributed by atoms with Crippen LogP contribution in [-0.2, 0) is 4.79 Å². The summed E-state index contributed by atoms with van der Waals surface area (Å²) in [6.45, 7) is -0.624. The van der Waals surface area contributed by atoms with Gasteiger partial charge in [0, 0.05) is 0 Å². The van der Waals surface area contributed by atoms with Crippen LogP contribution in [0.5, 0.6) is 5.75 Å². The molecule has 0 radical (unpaired) electrons. The number of carboxylic acid groups (broad SMARTS) is 1. The molecule has 1 aliphatic rings. The smallest absolute Gasteiger partial charge is 0.307 e. The number of rotatable bonds is 5. The minimum atomic E-state index is -2.49. The van der Waals surface area contributed by atoms with E-state index in [9.17, 15) is 13.6 Å². The van der Waals surface area contributed by atoms with Gasteiger partial charge < -0.3 is 9.84 Å². The fourth-order valence-corrected chi connectivity index (χ4v) is 1.81. The lowest BCUT2D eigenvalue weighted by atomic mass is 10.1. The Bertz CT molecular complexity index is 403. The number of benzene rings is 1. The fourth-order valence-electron chi connectivity index (χ4n) is 1.81. The van der Waals surface area contributed by atoms with Gasteiger partial charge in [-0.25, -0.2) is 8.78 Å². The molecule has 92 valence electrons. The Labute approximate surface area is 97.0 Å². The number of carbonyl (C=O) groups is 1. The van der Waals surface area contributed by atoms with E-state index in [0.717, 1.165) is 5.56 Å². The van der Waals surface area contributed by atoms with Crippen molar-refractivity contribution in [2.24, 2.45) is 5.92 Å². The quantitative estimate of drug-likeness (QED) is 0.863. The van der Waals surface area contributed by atoms with Gasteiger partial charge >= 0.3 is 5.97 Å². The van der Waals surface area contributed by atoms with E-state index < -0.39 is 19.0 Å². The molecule has 1 fully saturated rings. The molecule has 0 aromatic heterocycles. The van der Waals surface area contributed by atoms with Crippen LogP contribution in [0.2, 0.25) is 0 Å². The Morgan fingerprint density at radius 2 is 2.06 bits per heavy atom. The highest BCUT2D eigenvalue weighted by molar-refractivity contribution is 5.75. The second kappa shape index (κ2) is 4.69. The molecule has 17 heavy (non-hydrogen) atoms. The molecule has 3 nitrogen and oxygen atoms in total. The molecule has 0 spiro atoms. The first-order valence-electron chi connectivity index (χ1n) is 5.31. The molecule has 1 aliphatic carbocycles. The molecule has 5 heteroatoms. The lowest BCUT2D eigenvalue weighted by Crippen LogP contribution is -2.06. The Morgan fingerprint density at radius 3 is 2.53 bits per heavy atom. The lowest BCUT2D eigenvalue weighted by molar-refractivity contribution is -0.138. The molecule has 1 aromatic rings. The van der Waals surface area contributed by atoms with Crippen LogP contribution < -0.4 is 4.74 Å². The van der Waals surface area contributed by atoms with Crippen molar-refractivity contribution in [3.8, 4) is 5.75 Å². The summed E-state index contributed by atoms with van der Waals surface area (Å²) in [5.74, 6) is -0.658. The van der Waals surface area contributed by atoms with E-state index >= 15 is 0 Å². The van der Waals surface area contributed by atoms with Gasteiger partial charge in [-0.05, 0) is 30.0 Å². The van der Waals surface area contributed by atoms with E-state index in [2.05, 4.69) is 0 Å². The summed E-state index contributed by atoms with van der Waals surface area (Å²) in [6, 6.07) is 6.65.